The summed E-state index contributed by atoms with van der Waals surface area (Å²) in [6.45, 7) is 0.347. The normalized spacial score (nSPS) is 10.1. The first kappa shape index (κ1) is 18.4. The maximum Gasteiger partial charge on any atom is 0.319 e. The van der Waals surface area contributed by atoms with E-state index in [9.17, 15) is 9.59 Å². The van der Waals surface area contributed by atoms with Gasteiger partial charge in [-0.1, -0.05) is 47.1 Å². The van der Waals surface area contributed by atoms with E-state index in [1.54, 1.807) is 48.5 Å². The molecule has 2 aromatic rings. The molecule has 5 nitrogen and oxygen atoms in total. The molecule has 0 heterocycles. The zero-order chi connectivity index (χ0) is 17.4. The molecule has 0 fully saturated rings. The van der Waals surface area contributed by atoms with Gasteiger partial charge in [-0.25, -0.2) is 4.79 Å². The monoisotopic (exact) mass is 383 g/mol. The molecule has 24 heavy (non-hydrogen) atoms. The molecule has 0 unspecified atom stereocenters. The summed E-state index contributed by atoms with van der Waals surface area (Å²) in [6.07, 6.45) is 0. The van der Waals surface area contributed by atoms with Gasteiger partial charge in [-0.3, -0.25) is 4.79 Å². The maximum atomic E-state index is 11.8. The van der Waals surface area contributed by atoms with Gasteiger partial charge < -0.3 is 16.0 Å². The summed E-state index contributed by atoms with van der Waals surface area (Å²) in [5, 5.41) is 8.92. The smallest absolute Gasteiger partial charge is 0.319 e. The summed E-state index contributed by atoms with van der Waals surface area (Å²) in [6, 6.07) is 13.4. The SMILES string of the molecule is O=C(NCCSC(=O)Nc1cccc(Cl)c1)Nc1cccc(Cl)c1. The minimum Gasteiger partial charge on any atom is -0.337 e. The molecule has 0 aliphatic rings. The van der Waals surface area contributed by atoms with Crippen molar-refractivity contribution in [2.75, 3.05) is 22.9 Å². The van der Waals surface area contributed by atoms with E-state index in [-0.39, 0.29) is 11.3 Å². The highest BCUT2D eigenvalue weighted by atomic mass is 35.5. The minimum atomic E-state index is -0.354. The van der Waals surface area contributed by atoms with Crippen molar-refractivity contribution in [1.29, 1.82) is 0 Å². The third kappa shape index (κ3) is 6.70. The Labute approximate surface area is 154 Å². The van der Waals surface area contributed by atoms with Gasteiger partial charge in [0.05, 0.1) is 0 Å². The molecule has 3 N–H and O–H groups in total. The quantitative estimate of drug-likeness (QED) is 0.630. The van der Waals surface area contributed by atoms with E-state index in [1.165, 1.54) is 0 Å². The van der Waals surface area contributed by atoms with E-state index in [2.05, 4.69) is 16.0 Å². The number of urea groups is 1. The molecule has 2 aromatic carbocycles. The van der Waals surface area contributed by atoms with Crippen LogP contribution in [0, 0.1) is 0 Å². The van der Waals surface area contributed by atoms with Gasteiger partial charge in [0.15, 0.2) is 0 Å². The van der Waals surface area contributed by atoms with E-state index >= 15 is 0 Å². The molecule has 8 heteroatoms. The van der Waals surface area contributed by atoms with Crippen molar-refractivity contribution in [2.24, 2.45) is 0 Å². The fourth-order valence-electron chi connectivity index (χ4n) is 1.77. The zero-order valence-corrected chi connectivity index (χ0v) is 14.8. The third-order valence-electron chi connectivity index (χ3n) is 2.77. The van der Waals surface area contributed by atoms with Crippen LogP contribution in [0.1, 0.15) is 0 Å². The van der Waals surface area contributed by atoms with Gasteiger partial charge in [-0.15, -0.1) is 0 Å². The average molecular weight is 384 g/mol. The number of benzene rings is 2. The third-order valence-corrected chi connectivity index (χ3v) is 4.02. The largest absolute Gasteiger partial charge is 0.337 e. The van der Waals surface area contributed by atoms with E-state index < -0.39 is 0 Å². The van der Waals surface area contributed by atoms with Crippen LogP contribution in [0.3, 0.4) is 0 Å². The summed E-state index contributed by atoms with van der Waals surface area (Å²) in [5.74, 6) is 0.440. The number of hydrogen-bond acceptors (Lipinski definition) is 3. The molecule has 3 amide bonds. The lowest BCUT2D eigenvalue weighted by atomic mass is 10.3. The first-order valence-corrected chi connectivity index (χ1v) is 8.77. The Morgan fingerprint density at radius 3 is 2.08 bits per heavy atom. The predicted molar refractivity (Wildman–Crippen MR) is 101 cm³/mol. The van der Waals surface area contributed by atoms with Crippen LogP contribution in [0.15, 0.2) is 48.5 Å². The first-order chi connectivity index (χ1) is 11.5. The van der Waals surface area contributed by atoms with Crippen molar-refractivity contribution in [3.63, 3.8) is 0 Å². The number of rotatable bonds is 5. The highest BCUT2D eigenvalue weighted by molar-refractivity contribution is 8.13. The molecule has 0 radical (unpaired) electrons. The lowest BCUT2D eigenvalue weighted by Gasteiger charge is -2.08. The van der Waals surface area contributed by atoms with Crippen molar-refractivity contribution in [3.05, 3.63) is 58.6 Å². The number of hydrogen-bond donors (Lipinski definition) is 3. The summed E-state index contributed by atoms with van der Waals surface area (Å²) in [7, 11) is 0. The number of nitrogens with one attached hydrogen (secondary N) is 3. The highest BCUT2D eigenvalue weighted by Crippen LogP contribution is 2.17. The number of anilines is 2. The lowest BCUT2D eigenvalue weighted by molar-refractivity contribution is 0.252. The van der Waals surface area contributed by atoms with Gasteiger partial charge >= 0.3 is 6.03 Å². The number of carbonyl (C=O) groups is 2. The van der Waals surface area contributed by atoms with Crippen LogP contribution in [0.4, 0.5) is 21.0 Å². The number of halogens is 2. The molecule has 2 rings (SSSR count). The van der Waals surface area contributed by atoms with Crippen LogP contribution in [-0.2, 0) is 0 Å². The Bertz CT molecular complexity index is 666. The summed E-state index contributed by atoms with van der Waals surface area (Å²) < 4.78 is 0. The van der Waals surface area contributed by atoms with Crippen LogP contribution < -0.4 is 16.0 Å². The van der Waals surface area contributed by atoms with Crippen molar-refractivity contribution < 1.29 is 9.59 Å². The van der Waals surface area contributed by atoms with Crippen molar-refractivity contribution >= 4 is 57.6 Å². The first-order valence-electron chi connectivity index (χ1n) is 7.03. The maximum absolute atomic E-state index is 11.8. The zero-order valence-electron chi connectivity index (χ0n) is 12.5. The van der Waals surface area contributed by atoms with Crippen LogP contribution in [0.25, 0.3) is 0 Å². The fourth-order valence-corrected chi connectivity index (χ4v) is 2.73. The van der Waals surface area contributed by atoms with Gasteiger partial charge in [0.1, 0.15) is 0 Å². The Morgan fingerprint density at radius 1 is 0.917 bits per heavy atom. The van der Waals surface area contributed by atoms with Gasteiger partial charge in [-0.05, 0) is 36.4 Å². The van der Waals surface area contributed by atoms with Gasteiger partial charge in [0.2, 0.25) is 0 Å². The number of carbonyl (C=O) groups excluding carboxylic acids is 2. The van der Waals surface area contributed by atoms with Gasteiger partial charge in [0.25, 0.3) is 5.24 Å². The van der Waals surface area contributed by atoms with Gasteiger partial charge in [-0.2, -0.15) is 0 Å². The van der Waals surface area contributed by atoms with Crippen LogP contribution in [0.5, 0.6) is 0 Å². The van der Waals surface area contributed by atoms with Gasteiger partial charge in [0, 0.05) is 33.7 Å². The Kier molecular flexibility index (Phi) is 7.24. The second kappa shape index (κ2) is 9.42. The van der Waals surface area contributed by atoms with Crippen LogP contribution >= 0.6 is 35.0 Å². The van der Waals surface area contributed by atoms with Crippen molar-refractivity contribution in [3.8, 4) is 0 Å². The molecule has 0 atom stereocenters. The van der Waals surface area contributed by atoms with Crippen LogP contribution in [0.2, 0.25) is 10.0 Å². The fraction of sp³-hybridized carbons (Fsp3) is 0.125. The second-order valence-electron chi connectivity index (χ2n) is 4.66. The molecule has 126 valence electrons. The minimum absolute atomic E-state index is 0.214. The lowest BCUT2D eigenvalue weighted by Crippen LogP contribution is -2.30. The Hall–Kier alpha value is -1.89. The average Bonchev–Trinajstić information content (AvgIpc) is 2.51. The molecule has 0 spiro atoms. The van der Waals surface area contributed by atoms with E-state index in [0.29, 0.717) is 33.7 Å². The Morgan fingerprint density at radius 2 is 1.50 bits per heavy atom. The van der Waals surface area contributed by atoms with Crippen LogP contribution in [-0.4, -0.2) is 23.6 Å². The molecule has 0 bridgehead atoms. The molecule has 0 saturated heterocycles. The topological polar surface area (TPSA) is 70.2 Å². The van der Waals surface area contributed by atoms with Crippen molar-refractivity contribution in [1.82, 2.24) is 5.32 Å². The molecular formula is C16H15Cl2N3O2S. The summed E-state index contributed by atoms with van der Waals surface area (Å²) in [4.78, 5) is 23.5. The standard InChI is InChI=1S/C16H15Cl2N3O2S/c17-11-3-1-5-13(9-11)20-15(22)19-7-8-24-16(23)21-14-6-2-4-12(18)10-14/h1-6,9-10H,7-8H2,(H,21,23)(H2,19,20,22). The van der Waals surface area contributed by atoms with Crippen molar-refractivity contribution in [2.45, 2.75) is 0 Å². The molecule has 0 aromatic heterocycles. The molecule has 0 aliphatic heterocycles. The molecular weight excluding hydrogens is 369 g/mol. The second-order valence-corrected chi connectivity index (χ2v) is 6.60. The highest BCUT2D eigenvalue weighted by Gasteiger charge is 2.05. The molecule has 0 saturated carbocycles. The predicted octanol–water partition coefficient (Wildman–Crippen LogP) is 5.08. The van der Waals surface area contributed by atoms with E-state index in [1.807, 2.05) is 0 Å². The summed E-state index contributed by atoms with van der Waals surface area (Å²) in [5.41, 5.74) is 1.23. The number of thioether (sulfide) groups is 1. The number of amides is 3. The van der Waals surface area contributed by atoms with E-state index in [0.717, 1.165) is 11.8 Å². The summed E-state index contributed by atoms with van der Waals surface area (Å²) >= 11 is 12.8. The Balaban J connectivity index is 1.65. The molecule has 0 aliphatic carbocycles. The van der Waals surface area contributed by atoms with E-state index in [4.69, 9.17) is 23.2 Å².